The van der Waals surface area contributed by atoms with Gasteiger partial charge in [-0.25, -0.2) is 13.5 Å². The lowest BCUT2D eigenvalue weighted by Gasteiger charge is -2.26. The van der Waals surface area contributed by atoms with Crippen molar-refractivity contribution in [1.82, 2.24) is 25.2 Å². The highest BCUT2D eigenvalue weighted by molar-refractivity contribution is 6.01. The van der Waals surface area contributed by atoms with E-state index in [4.69, 9.17) is 9.26 Å². The van der Waals surface area contributed by atoms with Gasteiger partial charge in [-0.2, -0.15) is 15.1 Å². The number of aromatic nitrogens is 4. The third kappa shape index (κ3) is 3.68. The smallest absolute Gasteiger partial charge is 0.253 e. The summed E-state index contributed by atoms with van der Waals surface area (Å²) in [4.78, 5) is 20.9. The number of nitrogens with zero attached hydrogens (tertiary/aromatic N) is 5. The minimum absolute atomic E-state index is 0.0367. The first kappa shape index (κ1) is 20.4. The van der Waals surface area contributed by atoms with Crippen LogP contribution in [0.4, 0.5) is 8.78 Å². The average molecular weight is 442 g/mol. The van der Waals surface area contributed by atoms with Crippen molar-refractivity contribution >= 4 is 11.7 Å². The molecule has 1 amide bonds. The topological polar surface area (TPSA) is 107 Å². The number of piperidine rings is 1. The first-order chi connectivity index (χ1) is 15.5. The summed E-state index contributed by atoms with van der Waals surface area (Å²) in [5.41, 5.74) is 1.55. The van der Waals surface area contributed by atoms with Crippen molar-refractivity contribution in [1.29, 1.82) is 0 Å². The molecule has 1 saturated heterocycles. The van der Waals surface area contributed by atoms with Gasteiger partial charge in [-0.05, 0) is 43.6 Å². The monoisotopic (exact) mass is 442 g/mol. The minimum atomic E-state index is -0.809. The molecule has 0 unspecified atom stereocenters. The third-order valence-electron chi connectivity index (χ3n) is 5.67. The molecule has 166 valence electrons. The zero-order chi connectivity index (χ0) is 22.2. The van der Waals surface area contributed by atoms with Crippen molar-refractivity contribution in [2.24, 2.45) is 10.9 Å². The molecular weight excluding hydrogens is 422 g/mol. The van der Waals surface area contributed by atoms with Crippen molar-refractivity contribution < 1.29 is 22.8 Å². The number of carbonyl (C=O) groups excluding carboxylic acids is 1. The molecule has 4 heterocycles. The third-order valence-corrected chi connectivity index (χ3v) is 5.67. The summed E-state index contributed by atoms with van der Waals surface area (Å²) in [5, 5.41) is 11.7. The molecule has 3 aromatic rings. The highest BCUT2D eigenvalue weighted by atomic mass is 19.1. The maximum absolute atomic E-state index is 14.0. The molecule has 9 nitrogen and oxygen atoms in total. The largest absolute Gasteiger partial charge is 0.491 e. The molecule has 11 heteroatoms. The van der Waals surface area contributed by atoms with Gasteiger partial charge in [-0.1, -0.05) is 5.16 Å². The Bertz CT molecular complexity index is 1190. The Balaban J connectivity index is 1.42. The molecule has 1 fully saturated rings. The van der Waals surface area contributed by atoms with Crippen LogP contribution in [0.25, 0.3) is 11.4 Å². The van der Waals surface area contributed by atoms with E-state index < -0.39 is 17.4 Å². The predicted molar refractivity (Wildman–Crippen MR) is 108 cm³/mol. The number of carbonyl (C=O) groups is 1. The molecule has 1 aromatic carbocycles. The lowest BCUT2D eigenvalue weighted by atomic mass is 9.95. The van der Waals surface area contributed by atoms with E-state index in [0.717, 1.165) is 38.1 Å². The highest BCUT2D eigenvalue weighted by Gasteiger charge is 2.31. The summed E-state index contributed by atoms with van der Waals surface area (Å²) < 4.78 is 39.6. The zero-order valence-electron chi connectivity index (χ0n) is 17.3. The molecule has 0 aliphatic carbocycles. The Morgan fingerprint density at radius 2 is 2.00 bits per heavy atom. The van der Waals surface area contributed by atoms with Crippen LogP contribution in [0.3, 0.4) is 0 Å². The van der Waals surface area contributed by atoms with Gasteiger partial charge in [0.05, 0.1) is 37.4 Å². The first-order valence-electron chi connectivity index (χ1n) is 10.3. The van der Waals surface area contributed by atoms with Gasteiger partial charge >= 0.3 is 0 Å². The van der Waals surface area contributed by atoms with E-state index in [1.54, 1.807) is 10.9 Å². The number of methoxy groups -OCH3 is 1. The summed E-state index contributed by atoms with van der Waals surface area (Å²) in [5.74, 6) is -1.06. The van der Waals surface area contributed by atoms with E-state index in [0.29, 0.717) is 22.7 Å². The molecule has 1 N–H and O–H groups in total. The van der Waals surface area contributed by atoms with Crippen LogP contribution in [-0.2, 0) is 17.6 Å². The second kappa shape index (κ2) is 8.23. The molecule has 2 aliphatic rings. The SMILES string of the molecule is COc1c(F)cc(Cc2nc(-c3cnn4c3CC(=O)N=C4C3CCNCC3)no2)cc1F. The van der Waals surface area contributed by atoms with E-state index in [-0.39, 0.29) is 36.4 Å². The molecule has 2 aromatic heterocycles. The molecule has 0 atom stereocenters. The summed E-state index contributed by atoms with van der Waals surface area (Å²) >= 11 is 0. The normalized spacial score (nSPS) is 16.7. The number of aliphatic imine (C=N–C) groups is 1. The zero-order valence-corrected chi connectivity index (χ0v) is 17.3. The van der Waals surface area contributed by atoms with Crippen molar-refractivity contribution in [3.8, 4) is 17.1 Å². The fourth-order valence-corrected chi connectivity index (χ4v) is 4.15. The van der Waals surface area contributed by atoms with Crippen LogP contribution in [0.15, 0.2) is 27.8 Å². The maximum Gasteiger partial charge on any atom is 0.253 e. The number of ether oxygens (including phenoxy) is 1. The molecular formula is C21H20F2N6O3. The van der Waals surface area contributed by atoms with Crippen molar-refractivity contribution in [3.05, 3.63) is 47.1 Å². The van der Waals surface area contributed by atoms with Gasteiger partial charge in [0.1, 0.15) is 5.84 Å². The summed E-state index contributed by atoms with van der Waals surface area (Å²) in [6.07, 6.45) is 3.47. The quantitative estimate of drug-likeness (QED) is 0.645. The summed E-state index contributed by atoms with van der Waals surface area (Å²) in [7, 11) is 1.20. The van der Waals surface area contributed by atoms with E-state index in [1.165, 1.54) is 7.11 Å². The van der Waals surface area contributed by atoms with E-state index in [9.17, 15) is 13.6 Å². The standard InChI is InChI=1S/C21H20F2N6O3/c1-31-19-14(22)6-11(7-15(19)23)8-18-27-20(28-32-18)13-10-25-29-16(13)9-17(30)26-21(29)12-2-4-24-5-3-12/h6-7,10,12,24H,2-5,8-9H2,1H3. The Morgan fingerprint density at radius 3 is 2.72 bits per heavy atom. The number of nitrogens with one attached hydrogen (secondary N) is 1. The lowest BCUT2D eigenvalue weighted by molar-refractivity contribution is -0.117. The molecule has 2 aliphatic heterocycles. The van der Waals surface area contributed by atoms with Gasteiger partial charge in [-0.3, -0.25) is 4.79 Å². The van der Waals surface area contributed by atoms with Crippen LogP contribution in [0, 0.1) is 17.6 Å². The van der Waals surface area contributed by atoms with Crippen LogP contribution in [-0.4, -0.2) is 51.9 Å². The number of hydrogen-bond acceptors (Lipinski definition) is 7. The van der Waals surface area contributed by atoms with Crippen molar-refractivity contribution in [2.45, 2.75) is 25.7 Å². The highest BCUT2D eigenvalue weighted by Crippen LogP contribution is 2.28. The first-order valence-corrected chi connectivity index (χ1v) is 10.3. The van der Waals surface area contributed by atoms with Gasteiger partial charge in [0.15, 0.2) is 17.4 Å². The maximum atomic E-state index is 14.0. The van der Waals surface area contributed by atoms with Crippen molar-refractivity contribution in [3.63, 3.8) is 0 Å². The predicted octanol–water partition coefficient (Wildman–Crippen LogP) is 2.14. The fourth-order valence-electron chi connectivity index (χ4n) is 4.15. The van der Waals surface area contributed by atoms with Gasteiger partial charge in [0.2, 0.25) is 11.7 Å². The fraction of sp³-hybridized carbons (Fsp3) is 0.381. The molecule has 0 bridgehead atoms. The number of amides is 1. The van der Waals surface area contributed by atoms with Gasteiger partial charge in [-0.15, -0.1) is 0 Å². The van der Waals surface area contributed by atoms with Crippen molar-refractivity contribution in [2.75, 3.05) is 20.2 Å². The van der Waals surface area contributed by atoms with Crippen LogP contribution in [0.5, 0.6) is 5.75 Å². The number of halogens is 2. The number of hydrogen-bond donors (Lipinski definition) is 1. The molecule has 0 spiro atoms. The average Bonchev–Trinajstić information content (AvgIpc) is 3.40. The van der Waals surface area contributed by atoms with E-state index in [1.807, 2.05) is 0 Å². The van der Waals surface area contributed by atoms with Crippen LogP contribution < -0.4 is 10.1 Å². The Hall–Kier alpha value is -3.47. The molecule has 32 heavy (non-hydrogen) atoms. The molecule has 5 rings (SSSR count). The lowest BCUT2D eigenvalue weighted by Crippen LogP contribution is -2.38. The van der Waals surface area contributed by atoms with Gasteiger partial charge in [0, 0.05) is 5.92 Å². The van der Waals surface area contributed by atoms with E-state index in [2.05, 4.69) is 25.5 Å². The number of rotatable bonds is 5. The number of benzene rings is 1. The molecule has 0 radical (unpaired) electrons. The number of fused-ring (bicyclic) bond motifs is 1. The second-order valence-electron chi connectivity index (χ2n) is 7.76. The second-order valence-corrected chi connectivity index (χ2v) is 7.76. The van der Waals surface area contributed by atoms with Crippen LogP contribution in [0.2, 0.25) is 0 Å². The van der Waals surface area contributed by atoms with Gasteiger partial charge in [0.25, 0.3) is 5.91 Å². The Kier molecular flexibility index (Phi) is 5.25. The van der Waals surface area contributed by atoms with Crippen LogP contribution >= 0.6 is 0 Å². The summed E-state index contributed by atoms with van der Waals surface area (Å²) in [6.45, 7) is 1.73. The Labute approximate surface area is 181 Å². The molecule has 0 saturated carbocycles. The summed E-state index contributed by atoms with van der Waals surface area (Å²) in [6, 6.07) is 2.32. The van der Waals surface area contributed by atoms with Crippen LogP contribution in [0.1, 0.15) is 30.0 Å². The van der Waals surface area contributed by atoms with Gasteiger partial charge < -0.3 is 14.6 Å². The Morgan fingerprint density at radius 1 is 1.25 bits per heavy atom. The van der Waals surface area contributed by atoms with E-state index >= 15 is 0 Å². The minimum Gasteiger partial charge on any atom is -0.491 e.